The molecule has 1 aliphatic carbocycles. The number of para-hydroxylation sites is 1. The molecule has 2 heterocycles. The smallest absolute Gasteiger partial charge is 0.251 e. The standard InChI is InChI=1S/C27H30FN3O2/c28-22-11-9-19(10-12-22)26(32)30-25(15-21-16-29-24-8-4-3-7-23(21)24)27(33)31-14-13-18-5-1-2-6-20(18)17-31/h3-4,7-12,16,18,20,25,29H,1-2,5-6,13-15,17H2,(H,30,32)/t18-,20+,25-/m0/s1. The number of amides is 2. The van der Waals surface area contributed by atoms with Gasteiger partial charge in [0.15, 0.2) is 0 Å². The van der Waals surface area contributed by atoms with E-state index in [0.717, 1.165) is 41.9 Å². The molecule has 2 fully saturated rings. The average Bonchev–Trinajstić information content (AvgIpc) is 3.26. The van der Waals surface area contributed by atoms with Crippen LogP contribution in [-0.4, -0.2) is 40.8 Å². The van der Waals surface area contributed by atoms with Crippen LogP contribution in [0.5, 0.6) is 0 Å². The average molecular weight is 448 g/mol. The van der Waals surface area contributed by atoms with Gasteiger partial charge in [0.05, 0.1) is 0 Å². The number of halogens is 1. The zero-order valence-corrected chi connectivity index (χ0v) is 18.7. The highest BCUT2D eigenvalue weighted by atomic mass is 19.1. The Morgan fingerprint density at radius 3 is 2.61 bits per heavy atom. The molecule has 5 rings (SSSR count). The van der Waals surface area contributed by atoms with E-state index < -0.39 is 11.9 Å². The maximum absolute atomic E-state index is 13.7. The summed E-state index contributed by atoms with van der Waals surface area (Å²) in [7, 11) is 0. The molecular formula is C27H30FN3O2. The van der Waals surface area contributed by atoms with Crippen molar-refractivity contribution < 1.29 is 14.0 Å². The molecule has 5 nitrogen and oxygen atoms in total. The molecule has 33 heavy (non-hydrogen) atoms. The number of carbonyl (C=O) groups is 2. The third-order valence-corrected chi connectivity index (χ3v) is 7.41. The highest BCUT2D eigenvalue weighted by Gasteiger charge is 2.36. The number of aromatic amines is 1. The molecule has 2 N–H and O–H groups in total. The van der Waals surface area contributed by atoms with E-state index in [2.05, 4.69) is 10.3 Å². The first kappa shape index (κ1) is 21.7. The van der Waals surface area contributed by atoms with Crippen molar-refractivity contribution in [2.45, 2.75) is 44.6 Å². The lowest BCUT2D eigenvalue weighted by molar-refractivity contribution is -0.136. The lowest BCUT2D eigenvalue weighted by atomic mass is 9.75. The lowest BCUT2D eigenvalue weighted by Crippen LogP contribution is -2.53. The molecule has 3 aromatic rings. The number of fused-ring (bicyclic) bond motifs is 2. The van der Waals surface area contributed by atoms with Gasteiger partial charge in [-0.1, -0.05) is 37.5 Å². The number of piperidine rings is 1. The molecule has 1 aromatic heterocycles. The van der Waals surface area contributed by atoms with Crippen LogP contribution in [0.25, 0.3) is 10.9 Å². The van der Waals surface area contributed by atoms with Gasteiger partial charge < -0.3 is 15.2 Å². The van der Waals surface area contributed by atoms with Gasteiger partial charge in [-0.15, -0.1) is 0 Å². The Balaban J connectivity index is 1.38. The molecule has 2 aliphatic rings. The molecule has 1 aliphatic heterocycles. The topological polar surface area (TPSA) is 65.2 Å². The molecule has 0 radical (unpaired) electrons. The van der Waals surface area contributed by atoms with Gasteiger partial charge in [-0.05, 0) is 60.6 Å². The van der Waals surface area contributed by atoms with Crippen molar-refractivity contribution in [2.75, 3.05) is 13.1 Å². The van der Waals surface area contributed by atoms with Crippen molar-refractivity contribution in [3.8, 4) is 0 Å². The molecule has 0 spiro atoms. The molecule has 2 amide bonds. The largest absolute Gasteiger partial charge is 0.361 e. The Morgan fingerprint density at radius 2 is 1.79 bits per heavy atom. The van der Waals surface area contributed by atoms with Crippen LogP contribution >= 0.6 is 0 Å². The van der Waals surface area contributed by atoms with Gasteiger partial charge in [0.2, 0.25) is 5.91 Å². The first-order chi connectivity index (χ1) is 16.1. The van der Waals surface area contributed by atoms with Crippen LogP contribution in [0.3, 0.4) is 0 Å². The van der Waals surface area contributed by atoms with E-state index in [1.165, 1.54) is 49.9 Å². The minimum Gasteiger partial charge on any atom is -0.361 e. The first-order valence-corrected chi connectivity index (χ1v) is 12.0. The van der Waals surface area contributed by atoms with E-state index in [0.29, 0.717) is 17.9 Å². The van der Waals surface area contributed by atoms with Crippen molar-refractivity contribution >= 4 is 22.7 Å². The summed E-state index contributed by atoms with van der Waals surface area (Å²) < 4.78 is 13.3. The highest BCUT2D eigenvalue weighted by molar-refractivity contribution is 5.98. The Labute approximate surface area is 193 Å². The zero-order chi connectivity index (χ0) is 22.8. The molecule has 2 aromatic carbocycles. The lowest BCUT2D eigenvalue weighted by Gasteiger charge is -2.42. The van der Waals surface area contributed by atoms with E-state index in [-0.39, 0.29) is 11.8 Å². The Bertz CT molecular complexity index is 1140. The third kappa shape index (κ3) is 4.65. The van der Waals surface area contributed by atoms with E-state index in [1.807, 2.05) is 35.4 Å². The number of benzene rings is 2. The van der Waals surface area contributed by atoms with E-state index in [9.17, 15) is 14.0 Å². The predicted molar refractivity (Wildman–Crippen MR) is 126 cm³/mol. The van der Waals surface area contributed by atoms with Crippen LogP contribution < -0.4 is 5.32 Å². The van der Waals surface area contributed by atoms with Gasteiger partial charge in [-0.3, -0.25) is 9.59 Å². The van der Waals surface area contributed by atoms with Crippen LogP contribution in [0, 0.1) is 17.7 Å². The zero-order valence-electron chi connectivity index (χ0n) is 18.7. The molecule has 1 saturated carbocycles. The Kier molecular flexibility index (Phi) is 6.16. The minimum atomic E-state index is -0.679. The number of aromatic nitrogens is 1. The summed E-state index contributed by atoms with van der Waals surface area (Å²) >= 11 is 0. The van der Waals surface area contributed by atoms with Crippen molar-refractivity contribution in [3.63, 3.8) is 0 Å². The fourth-order valence-corrected chi connectivity index (χ4v) is 5.58. The SMILES string of the molecule is O=C(N[C@@H](Cc1c[nH]c2ccccc12)C(=O)N1CC[C@@H]2CCCC[C@@H]2C1)c1ccc(F)cc1. The maximum Gasteiger partial charge on any atom is 0.251 e. The normalized spacial score (nSPS) is 21.4. The second-order valence-corrected chi connectivity index (χ2v) is 9.47. The molecular weight excluding hydrogens is 417 g/mol. The number of H-pyrrole nitrogens is 1. The van der Waals surface area contributed by atoms with Gasteiger partial charge >= 0.3 is 0 Å². The van der Waals surface area contributed by atoms with Crippen LogP contribution in [-0.2, 0) is 11.2 Å². The number of nitrogens with one attached hydrogen (secondary N) is 2. The van der Waals surface area contributed by atoms with E-state index in [1.54, 1.807) is 0 Å². The Hall–Kier alpha value is -3.15. The summed E-state index contributed by atoms with van der Waals surface area (Å²) in [5.41, 5.74) is 2.35. The van der Waals surface area contributed by atoms with Gasteiger partial charge in [-0.2, -0.15) is 0 Å². The first-order valence-electron chi connectivity index (χ1n) is 12.0. The van der Waals surface area contributed by atoms with Crippen molar-refractivity contribution in [1.29, 1.82) is 0 Å². The van der Waals surface area contributed by atoms with Gasteiger partial charge in [0, 0.05) is 42.2 Å². The minimum absolute atomic E-state index is 0.0280. The number of carbonyl (C=O) groups excluding carboxylic acids is 2. The summed E-state index contributed by atoms with van der Waals surface area (Å²) in [6.45, 7) is 1.52. The number of nitrogens with zero attached hydrogens (tertiary/aromatic N) is 1. The van der Waals surface area contributed by atoms with Crippen LogP contribution in [0.4, 0.5) is 4.39 Å². The monoisotopic (exact) mass is 447 g/mol. The number of rotatable bonds is 5. The molecule has 3 atom stereocenters. The van der Waals surface area contributed by atoms with E-state index in [4.69, 9.17) is 0 Å². The Morgan fingerprint density at radius 1 is 1.03 bits per heavy atom. The second kappa shape index (κ2) is 9.38. The molecule has 0 bridgehead atoms. The number of hydrogen-bond donors (Lipinski definition) is 2. The summed E-state index contributed by atoms with van der Waals surface area (Å²) in [6, 6.07) is 12.7. The fourth-order valence-electron chi connectivity index (χ4n) is 5.58. The van der Waals surface area contributed by atoms with Crippen molar-refractivity contribution in [1.82, 2.24) is 15.2 Å². The van der Waals surface area contributed by atoms with Crippen LogP contribution in [0.1, 0.15) is 48.0 Å². The maximum atomic E-state index is 13.7. The third-order valence-electron chi connectivity index (χ3n) is 7.41. The predicted octanol–water partition coefficient (Wildman–Crippen LogP) is 4.69. The van der Waals surface area contributed by atoms with Gasteiger partial charge in [0.1, 0.15) is 11.9 Å². The van der Waals surface area contributed by atoms with Gasteiger partial charge in [0.25, 0.3) is 5.91 Å². The summed E-state index contributed by atoms with van der Waals surface area (Å²) in [4.78, 5) is 31.9. The quantitative estimate of drug-likeness (QED) is 0.596. The summed E-state index contributed by atoms with van der Waals surface area (Å²) in [6.07, 6.45) is 8.36. The van der Waals surface area contributed by atoms with Crippen molar-refractivity contribution in [3.05, 3.63) is 71.7 Å². The highest BCUT2D eigenvalue weighted by Crippen LogP contribution is 2.36. The second-order valence-electron chi connectivity index (χ2n) is 9.47. The molecule has 0 unspecified atom stereocenters. The van der Waals surface area contributed by atoms with Crippen LogP contribution in [0.15, 0.2) is 54.7 Å². The number of hydrogen-bond acceptors (Lipinski definition) is 2. The molecule has 1 saturated heterocycles. The fraction of sp³-hybridized carbons (Fsp3) is 0.407. The molecule has 6 heteroatoms. The summed E-state index contributed by atoms with van der Waals surface area (Å²) in [5.74, 6) is 0.510. The number of likely N-dealkylation sites (tertiary alicyclic amines) is 1. The van der Waals surface area contributed by atoms with Crippen molar-refractivity contribution in [2.24, 2.45) is 11.8 Å². The van der Waals surface area contributed by atoms with E-state index >= 15 is 0 Å². The molecule has 172 valence electrons. The summed E-state index contributed by atoms with van der Waals surface area (Å²) in [5, 5.41) is 4.01. The van der Waals surface area contributed by atoms with Gasteiger partial charge in [-0.25, -0.2) is 4.39 Å². The van der Waals surface area contributed by atoms with Crippen LogP contribution in [0.2, 0.25) is 0 Å².